The van der Waals surface area contributed by atoms with Crippen molar-refractivity contribution in [2.45, 2.75) is 25.1 Å². The van der Waals surface area contributed by atoms with E-state index in [4.69, 9.17) is 0 Å². The fraction of sp³-hybridized carbons (Fsp3) is 0.467. The van der Waals surface area contributed by atoms with Crippen LogP contribution in [0.5, 0.6) is 0 Å². The fourth-order valence-corrected chi connectivity index (χ4v) is 3.28. The van der Waals surface area contributed by atoms with E-state index in [0.717, 1.165) is 6.07 Å². The van der Waals surface area contributed by atoms with Gasteiger partial charge in [-0.15, -0.1) is 0 Å². The number of hydrogen-bond donors (Lipinski definition) is 1. The van der Waals surface area contributed by atoms with Gasteiger partial charge in [-0.25, -0.2) is 0 Å². The number of rotatable bonds is 1. The number of nitrogens with zero attached hydrogens (tertiary/aromatic N) is 1. The standard InChI is InChI=1S/C15H15F3N2O2/c16-15(17,18)11-6-2-1-4-9(11)14(22)20-7-3-5-10-12(20)8-19-13(10)21/h1-2,4,6,10,12H,3,5,7-8H2,(H,19,21)/t10-,12-/m1/s1. The topological polar surface area (TPSA) is 49.4 Å². The first-order chi connectivity index (χ1) is 10.4. The number of alkyl halides is 3. The second-order valence-corrected chi connectivity index (χ2v) is 5.60. The van der Waals surface area contributed by atoms with Crippen LogP contribution in [0, 0.1) is 5.92 Å². The molecule has 0 radical (unpaired) electrons. The molecule has 2 aliphatic heterocycles. The van der Waals surface area contributed by atoms with E-state index >= 15 is 0 Å². The lowest BCUT2D eigenvalue weighted by Gasteiger charge is -2.36. The van der Waals surface area contributed by atoms with Crippen LogP contribution in [0.25, 0.3) is 0 Å². The summed E-state index contributed by atoms with van der Waals surface area (Å²) in [4.78, 5) is 25.7. The highest BCUT2D eigenvalue weighted by molar-refractivity contribution is 5.97. The Labute approximate surface area is 125 Å². The second-order valence-electron chi connectivity index (χ2n) is 5.60. The number of nitrogens with one attached hydrogen (secondary N) is 1. The normalized spacial score (nSPS) is 24.9. The molecule has 1 aromatic carbocycles. The molecule has 1 N–H and O–H groups in total. The summed E-state index contributed by atoms with van der Waals surface area (Å²) in [5.41, 5.74) is -1.28. The average molecular weight is 312 g/mol. The summed E-state index contributed by atoms with van der Waals surface area (Å²) in [5, 5.41) is 2.69. The van der Waals surface area contributed by atoms with Gasteiger partial charge in [-0.1, -0.05) is 12.1 Å². The van der Waals surface area contributed by atoms with Crippen LogP contribution in [0.4, 0.5) is 13.2 Å². The van der Waals surface area contributed by atoms with Crippen molar-refractivity contribution in [1.29, 1.82) is 0 Å². The van der Waals surface area contributed by atoms with Crippen LogP contribution in [0.15, 0.2) is 24.3 Å². The van der Waals surface area contributed by atoms with Gasteiger partial charge in [0, 0.05) is 13.1 Å². The molecule has 2 heterocycles. The molecule has 2 aliphatic rings. The van der Waals surface area contributed by atoms with Crippen molar-refractivity contribution in [2.75, 3.05) is 13.1 Å². The minimum Gasteiger partial charge on any atom is -0.354 e. The maximum absolute atomic E-state index is 13.1. The van der Waals surface area contributed by atoms with Crippen LogP contribution in [0.2, 0.25) is 0 Å². The zero-order valence-electron chi connectivity index (χ0n) is 11.7. The molecule has 0 saturated carbocycles. The smallest absolute Gasteiger partial charge is 0.354 e. The van der Waals surface area contributed by atoms with Gasteiger partial charge in [0.25, 0.3) is 5.91 Å². The van der Waals surface area contributed by atoms with Gasteiger partial charge in [0.05, 0.1) is 23.1 Å². The number of piperidine rings is 1. The summed E-state index contributed by atoms with van der Waals surface area (Å²) in [6.07, 6.45) is -3.29. The van der Waals surface area contributed by atoms with E-state index in [0.29, 0.717) is 25.9 Å². The Balaban J connectivity index is 1.93. The molecule has 1 aromatic rings. The predicted molar refractivity (Wildman–Crippen MR) is 72.0 cm³/mol. The molecule has 7 heteroatoms. The third kappa shape index (κ3) is 2.44. The lowest BCUT2D eigenvalue weighted by Crippen LogP contribution is -2.49. The summed E-state index contributed by atoms with van der Waals surface area (Å²) in [6.45, 7) is 0.685. The molecule has 2 atom stereocenters. The highest BCUT2D eigenvalue weighted by Gasteiger charge is 2.44. The van der Waals surface area contributed by atoms with E-state index in [1.54, 1.807) is 0 Å². The van der Waals surface area contributed by atoms with Crippen LogP contribution < -0.4 is 5.32 Å². The minimum atomic E-state index is -4.58. The third-order valence-corrected chi connectivity index (χ3v) is 4.32. The van der Waals surface area contributed by atoms with Crippen molar-refractivity contribution >= 4 is 11.8 Å². The molecule has 4 nitrogen and oxygen atoms in total. The van der Waals surface area contributed by atoms with Crippen LogP contribution in [-0.2, 0) is 11.0 Å². The van der Waals surface area contributed by atoms with Crippen LogP contribution in [0.1, 0.15) is 28.8 Å². The number of carbonyl (C=O) groups excluding carboxylic acids is 2. The number of fused-ring (bicyclic) bond motifs is 1. The molecule has 2 fully saturated rings. The van der Waals surface area contributed by atoms with Gasteiger partial charge in [0.15, 0.2) is 0 Å². The Morgan fingerprint density at radius 1 is 1.27 bits per heavy atom. The zero-order chi connectivity index (χ0) is 15.9. The van der Waals surface area contributed by atoms with E-state index in [-0.39, 0.29) is 23.4 Å². The first kappa shape index (κ1) is 14.9. The molecule has 2 saturated heterocycles. The van der Waals surface area contributed by atoms with Crippen LogP contribution in [0.3, 0.4) is 0 Å². The summed E-state index contributed by atoms with van der Waals surface area (Å²) < 4.78 is 39.2. The quantitative estimate of drug-likeness (QED) is 0.863. The van der Waals surface area contributed by atoms with Crippen molar-refractivity contribution in [2.24, 2.45) is 5.92 Å². The highest BCUT2D eigenvalue weighted by Crippen LogP contribution is 2.34. The van der Waals surface area contributed by atoms with E-state index in [2.05, 4.69) is 5.32 Å². The maximum Gasteiger partial charge on any atom is 0.417 e. The van der Waals surface area contributed by atoms with E-state index in [1.807, 2.05) is 0 Å². The summed E-state index contributed by atoms with van der Waals surface area (Å²) in [5.74, 6) is -1.08. The molecule has 0 unspecified atom stereocenters. The van der Waals surface area contributed by atoms with E-state index < -0.39 is 17.6 Å². The molecule has 118 valence electrons. The number of amides is 2. The van der Waals surface area contributed by atoms with Gasteiger partial charge in [-0.3, -0.25) is 9.59 Å². The SMILES string of the molecule is O=C1NC[C@@H]2[C@H]1CCCN2C(=O)c1ccccc1C(F)(F)F. The van der Waals surface area contributed by atoms with Gasteiger partial charge in [0.2, 0.25) is 5.91 Å². The molecule has 0 aromatic heterocycles. The number of hydrogen-bond acceptors (Lipinski definition) is 2. The molecule has 0 aliphatic carbocycles. The van der Waals surface area contributed by atoms with Crippen LogP contribution in [-0.4, -0.2) is 35.8 Å². The Morgan fingerprint density at radius 2 is 2.00 bits per heavy atom. The van der Waals surface area contributed by atoms with Crippen molar-refractivity contribution in [1.82, 2.24) is 10.2 Å². The van der Waals surface area contributed by atoms with Gasteiger partial charge in [-0.05, 0) is 25.0 Å². The third-order valence-electron chi connectivity index (χ3n) is 4.32. The molecule has 3 rings (SSSR count). The first-order valence-corrected chi connectivity index (χ1v) is 7.14. The maximum atomic E-state index is 13.1. The summed E-state index contributed by atoms with van der Waals surface area (Å²) in [6, 6.07) is 4.43. The predicted octanol–water partition coefficient (Wildman–Crippen LogP) is 2.06. The van der Waals surface area contributed by atoms with Gasteiger partial charge in [0.1, 0.15) is 0 Å². The largest absolute Gasteiger partial charge is 0.417 e. The molecule has 2 amide bonds. The highest BCUT2D eigenvalue weighted by atomic mass is 19.4. The Kier molecular flexibility index (Phi) is 3.58. The molecule has 0 bridgehead atoms. The van der Waals surface area contributed by atoms with Crippen molar-refractivity contribution in [3.63, 3.8) is 0 Å². The van der Waals surface area contributed by atoms with Crippen molar-refractivity contribution < 1.29 is 22.8 Å². The lowest BCUT2D eigenvalue weighted by atomic mass is 9.90. The Morgan fingerprint density at radius 3 is 2.73 bits per heavy atom. The number of halogens is 3. The summed E-state index contributed by atoms with van der Waals surface area (Å²) >= 11 is 0. The zero-order valence-corrected chi connectivity index (χ0v) is 11.7. The Hall–Kier alpha value is -2.05. The van der Waals surface area contributed by atoms with E-state index in [9.17, 15) is 22.8 Å². The van der Waals surface area contributed by atoms with Crippen molar-refractivity contribution in [3.8, 4) is 0 Å². The fourth-order valence-electron chi connectivity index (χ4n) is 3.28. The summed E-state index contributed by atoms with van der Waals surface area (Å²) in [7, 11) is 0. The van der Waals surface area contributed by atoms with Gasteiger partial charge >= 0.3 is 6.18 Å². The Bertz CT molecular complexity index is 615. The molecule has 22 heavy (non-hydrogen) atoms. The van der Waals surface area contributed by atoms with Crippen molar-refractivity contribution in [3.05, 3.63) is 35.4 Å². The average Bonchev–Trinajstić information content (AvgIpc) is 2.87. The van der Waals surface area contributed by atoms with E-state index in [1.165, 1.54) is 23.1 Å². The molecule has 0 spiro atoms. The number of likely N-dealkylation sites (tertiary alicyclic amines) is 1. The minimum absolute atomic E-state index is 0.119. The lowest BCUT2D eigenvalue weighted by molar-refractivity contribution is -0.138. The number of carbonyl (C=O) groups is 2. The second kappa shape index (κ2) is 5.30. The molecular weight excluding hydrogens is 297 g/mol. The first-order valence-electron chi connectivity index (χ1n) is 7.14. The van der Waals surface area contributed by atoms with Gasteiger partial charge in [-0.2, -0.15) is 13.2 Å². The monoisotopic (exact) mass is 312 g/mol. The molecular formula is C15H15F3N2O2. The van der Waals surface area contributed by atoms with Gasteiger partial charge < -0.3 is 10.2 Å². The number of benzene rings is 1. The van der Waals surface area contributed by atoms with Crippen LogP contribution >= 0.6 is 0 Å².